The first kappa shape index (κ1) is 12.2. The number of hydrogen-bond acceptors (Lipinski definition) is 4. The van der Waals surface area contributed by atoms with Crippen molar-refractivity contribution >= 4 is 5.82 Å². The van der Waals surface area contributed by atoms with Gasteiger partial charge in [0, 0.05) is 38.8 Å². The number of hydrogen-bond donors (Lipinski definition) is 1. The predicted molar refractivity (Wildman–Crippen MR) is 59.9 cm³/mol. The molecule has 17 heavy (non-hydrogen) atoms. The fourth-order valence-electron chi connectivity index (χ4n) is 1.96. The molecular formula is C11H15F2N3O. The Labute approximate surface area is 98.5 Å². The molecule has 0 bridgehead atoms. The van der Waals surface area contributed by atoms with E-state index in [0.29, 0.717) is 19.6 Å². The highest BCUT2D eigenvalue weighted by atomic mass is 19.1. The van der Waals surface area contributed by atoms with Gasteiger partial charge in [-0.05, 0) is 0 Å². The normalized spacial score (nSPS) is 17.5. The second-order valence-corrected chi connectivity index (χ2v) is 4.01. The number of piperazine rings is 1. The molecule has 1 aliphatic rings. The van der Waals surface area contributed by atoms with Gasteiger partial charge in [0.25, 0.3) is 0 Å². The molecule has 1 aliphatic heterocycles. The number of nitrogens with zero attached hydrogens (tertiary/aromatic N) is 3. The molecule has 0 aliphatic carbocycles. The molecule has 94 valence electrons. The van der Waals surface area contributed by atoms with Gasteiger partial charge in [0.1, 0.15) is 5.82 Å². The van der Waals surface area contributed by atoms with Gasteiger partial charge in [0.15, 0.2) is 11.6 Å². The summed E-state index contributed by atoms with van der Waals surface area (Å²) >= 11 is 0. The molecule has 1 aromatic rings. The van der Waals surface area contributed by atoms with Crippen LogP contribution in [-0.4, -0.2) is 54.3 Å². The van der Waals surface area contributed by atoms with Gasteiger partial charge in [-0.25, -0.2) is 13.8 Å². The van der Waals surface area contributed by atoms with E-state index in [4.69, 9.17) is 5.11 Å². The Morgan fingerprint density at radius 1 is 1.24 bits per heavy atom. The van der Waals surface area contributed by atoms with E-state index < -0.39 is 11.6 Å². The standard InChI is InChI=1S/C11H15F2N3O/c12-9-7-10(13)11(14-8-9)16-3-1-15(2-4-16)5-6-17/h7-8,17H,1-6H2. The third-order valence-electron chi connectivity index (χ3n) is 2.88. The molecular weight excluding hydrogens is 228 g/mol. The van der Waals surface area contributed by atoms with Crippen LogP contribution in [0.25, 0.3) is 0 Å². The maximum Gasteiger partial charge on any atom is 0.168 e. The zero-order chi connectivity index (χ0) is 12.3. The van der Waals surface area contributed by atoms with Crippen LogP contribution in [0, 0.1) is 11.6 Å². The quantitative estimate of drug-likeness (QED) is 0.838. The molecule has 1 fully saturated rings. The summed E-state index contributed by atoms with van der Waals surface area (Å²) in [4.78, 5) is 7.67. The minimum absolute atomic E-state index is 0.128. The molecule has 0 aromatic carbocycles. The highest BCUT2D eigenvalue weighted by molar-refractivity contribution is 5.40. The zero-order valence-corrected chi connectivity index (χ0v) is 9.44. The first-order valence-corrected chi connectivity index (χ1v) is 5.60. The molecule has 4 nitrogen and oxygen atoms in total. The second kappa shape index (κ2) is 5.37. The van der Waals surface area contributed by atoms with Crippen molar-refractivity contribution in [1.82, 2.24) is 9.88 Å². The number of halogens is 2. The smallest absolute Gasteiger partial charge is 0.168 e. The van der Waals surface area contributed by atoms with Crippen molar-refractivity contribution in [3.05, 3.63) is 23.9 Å². The summed E-state index contributed by atoms with van der Waals surface area (Å²) in [6.45, 7) is 3.53. The molecule has 6 heteroatoms. The second-order valence-electron chi connectivity index (χ2n) is 4.01. The van der Waals surface area contributed by atoms with Crippen LogP contribution in [-0.2, 0) is 0 Å². The summed E-state index contributed by atoms with van der Waals surface area (Å²) in [5, 5.41) is 8.81. The van der Waals surface area contributed by atoms with Crippen molar-refractivity contribution < 1.29 is 13.9 Å². The Balaban J connectivity index is 2.00. The van der Waals surface area contributed by atoms with E-state index in [1.165, 1.54) is 0 Å². The molecule has 0 spiro atoms. The number of pyridine rings is 1. The lowest BCUT2D eigenvalue weighted by Crippen LogP contribution is -2.47. The minimum Gasteiger partial charge on any atom is -0.395 e. The number of aliphatic hydroxyl groups is 1. The third-order valence-corrected chi connectivity index (χ3v) is 2.88. The maximum atomic E-state index is 13.5. The van der Waals surface area contributed by atoms with Crippen LogP contribution in [0.15, 0.2) is 12.3 Å². The average Bonchev–Trinajstić information content (AvgIpc) is 2.31. The first-order valence-electron chi connectivity index (χ1n) is 5.60. The fraction of sp³-hybridized carbons (Fsp3) is 0.545. The first-order chi connectivity index (χ1) is 8.20. The van der Waals surface area contributed by atoms with E-state index in [-0.39, 0.29) is 12.4 Å². The van der Waals surface area contributed by atoms with Crippen LogP contribution in [0.2, 0.25) is 0 Å². The molecule has 0 amide bonds. The third kappa shape index (κ3) is 2.89. The lowest BCUT2D eigenvalue weighted by atomic mass is 10.3. The molecule has 2 rings (SSSR count). The highest BCUT2D eigenvalue weighted by Crippen LogP contribution is 2.18. The maximum absolute atomic E-state index is 13.5. The van der Waals surface area contributed by atoms with E-state index in [1.807, 2.05) is 0 Å². The Kier molecular flexibility index (Phi) is 3.86. The Morgan fingerprint density at radius 2 is 1.94 bits per heavy atom. The molecule has 1 saturated heterocycles. The van der Waals surface area contributed by atoms with Crippen LogP contribution in [0.1, 0.15) is 0 Å². The van der Waals surface area contributed by atoms with Gasteiger partial charge in [0.2, 0.25) is 0 Å². The van der Waals surface area contributed by atoms with Crippen molar-refractivity contribution in [3.63, 3.8) is 0 Å². The van der Waals surface area contributed by atoms with Gasteiger partial charge in [0.05, 0.1) is 12.8 Å². The Bertz CT molecular complexity index is 381. The summed E-state index contributed by atoms with van der Waals surface area (Å²) in [5.74, 6) is -1.08. The number of aromatic nitrogens is 1. The van der Waals surface area contributed by atoms with Gasteiger partial charge >= 0.3 is 0 Å². The molecule has 2 heterocycles. The number of rotatable bonds is 3. The molecule has 0 saturated carbocycles. The van der Waals surface area contributed by atoms with E-state index in [1.54, 1.807) is 4.90 Å². The fourth-order valence-corrected chi connectivity index (χ4v) is 1.96. The minimum atomic E-state index is -0.662. The van der Waals surface area contributed by atoms with Crippen LogP contribution in [0.3, 0.4) is 0 Å². The van der Waals surface area contributed by atoms with Crippen LogP contribution in [0.5, 0.6) is 0 Å². The largest absolute Gasteiger partial charge is 0.395 e. The lowest BCUT2D eigenvalue weighted by Gasteiger charge is -2.35. The Hall–Kier alpha value is -1.27. The summed E-state index contributed by atoms with van der Waals surface area (Å²) in [6, 6.07) is 0.850. The number of anilines is 1. The monoisotopic (exact) mass is 243 g/mol. The molecule has 1 N–H and O–H groups in total. The van der Waals surface area contributed by atoms with Gasteiger partial charge in [-0.15, -0.1) is 0 Å². The molecule has 1 aromatic heterocycles. The van der Waals surface area contributed by atoms with Gasteiger partial charge in [-0.1, -0.05) is 0 Å². The lowest BCUT2D eigenvalue weighted by molar-refractivity contribution is 0.188. The van der Waals surface area contributed by atoms with Crippen molar-refractivity contribution in [3.8, 4) is 0 Å². The zero-order valence-electron chi connectivity index (χ0n) is 9.44. The van der Waals surface area contributed by atoms with Crippen molar-refractivity contribution in [1.29, 1.82) is 0 Å². The average molecular weight is 243 g/mol. The van der Waals surface area contributed by atoms with Crippen molar-refractivity contribution in [2.75, 3.05) is 44.2 Å². The SMILES string of the molecule is OCCN1CCN(c2ncc(F)cc2F)CC1. The summed E-state index contributed by atoms with van der Waals surface area (Å²) in [7, 11) is 0. The van der Waals surface area contributed by atoms with Gasteiger partial charge < -0.3 is 10.0 Å². The molecule has 0 unspecified atom stereocenters. The topological polar surface area (TPSA) is 39.6 Å². The summed E-state index contributed by atoms with van der Waals surface area (Å²) in [6.07, 6.45) is 1.03. The highest BCUT2D eigenvalue weighted by Gasteiger charge is 2.20. The van der Waals surface area contributed by atoms with Crippen LogP contribution >= 0.6 is 0 Å². The predicted octanol–water partition coefficient (Wildman–Crippen LogP) is 0.474. The van der Waals surface area contributed by atoms with E-state index in [9.17, 15) is 8.78 Å². The van der Waals surface area contributed by atoms with Crippen LogP contribution in [0.4, 0.5) is 14.6 Å². The van der Waals surface area contributed by atoms with E-state index in [0.717, 1.165) is 25.4 Å². The number of aliphatic hydroxyl groups excluding tert-OH is 1. The molecule has 0 atom stereocenters. The summed E-state index contributed by atoms with van der Waals surface area (Å²) in [5.41, 5.74) is 0. The summed E-state index contributed by atoms with van der Waals surface area (Å²) < 4.78 is 26.2. The van der Waals surface area contributed by atoms with E-state index >= 15 is 0 Å². The van der Waals surface area contributed by atoms with E-state index in [2.05, 4.69) is 9.88 Å². The van der Waals surface area contributed by atoms with Crippen molar-refractivity contribution in [2.45, 2.75) is 0 Å². The van der Waals surface area contributed by atoms with Crippen LogP contribution < -0.4 is 4.90 Å². The Morgan fingerprint density at radius 3 is 2.53 bits per heavy atom. The van der Waals surface area contributed by atoms with Gasteiger partial charge in [-0.3, -0.25) is 4.90 Å². The molecule has 0 radical (unpaired) electrons. The number of β-amino-alcohol motifs (C(OH)–C–C–N with tert-alkyl or cyclic N) is 1. The van der Waals surface area contributed by atoms with Gasteiger partial charge in [-0.2, -0.15) is 0 Å². The van der Waals surface area contributed by atoms with Crippen molar-refractivity contribution in [2.24, 2.45) is 0 Å².